The number of rotatable bonds is 2. The summed E-state index contributed by atoms with van der Waals surface area (Å²) in [5, 5.41) is 0. The number of carbonyl (C=O) groups excluding carboxylic acids is 1. The van der Waals surface area contributed by atoms with E-state index in [9.17, 15) is 4.79 Å². The Labute approximate surface area is 88.8 Å². The molecule has 0 atom stereocenters. The molecular weight excluding hydrogens is 190 g/mol. The molecule has 1 aliphatic carbocycles. The lowest BCUT2D eigenvalue weighted by molar-refractivity contribution is 0.0594. The highest BCUT2D eigenvalue weighted by Crippen LogP contribution is 2.26. The summed E-state index contributed by atoms with van der Waals surface area (Å²) in [6.45, 7) is 0. The summed E-state index contributed by atoms with van der Waals surface area (Å²) >= 11 is 0. The minimum Gasteiger partial charge on any atom is -0.464 e. The summed E-state index contributed by atoms with van der Waals surface area (Å²) < 4.78 is 4.59. The number of methoxy groups -OCH3 is 1. The number of pyridine rings is 1. The second kappa shape index (κ2) is 4.26. The van der Waals surface area contributed by atoms with Gasteiger partial charge in [-0.15, -0.1) is 0 Å². The molecule has 2 rings (SSSR count). The van der Waals surface area contributed by atoms with Crippen LogP contribution in [0, 0.1) is 0 Å². The molecule has 0 fully saturated rings. The van der Waals surface area contributed by atoms with E-state index in [2.05, 4.69) is 15.8 Å². The second-order valence-electron chi connectivity index (χ2n) is 3.55. The molecule has 0 bridgehead atoms. The van der Waals surface area contributed by atoms with Crippen molar-refractivity contribution >= 4 is 11.5 Å². The first-order valence-corrected chi connectivity index (χ1v) is 5.05. The maximum absolute atomic E-state index is 11.1. The van der Waals surface area contributed by atoms with Crippen LogP contribution in [-0.4, -0.2) is 18.1 Å². The molecule has 0 saturated heterocycles. The van der Waals surface area contributed by atoms with E-state index in [1.807, 2.05) is 6.07 Å². The Hall–Kier alpha value is -1.64. The van der Waals surface area contributed by atoms with Crippen LogP contribution in [0.1, 0.15) is 35.3 Å². The largest absolute Gasteiger partial charge is 0.464 e. The molecule has 0 radical (unpaired) electrons. The van der Waals surface area contributed by atoms with Gasteiger partial charge < -0.3 is 4.74 Å². The number of ether oxygens (including phenoxy) is 1. The normalized spacial score (nSPS) is 14.9. The van der Waals surface area contributed by atoms with Gasteiger partial charge in [0, 0.05) is 6.20 Å². The summed E-state index contributed by atoms with van der Waals surface area (Å²) in [7, 11) is 1.36. The van der Waals surface area contributed by atoms with Crippen molar-refractivity contribution in [2.45, 2.75) is 19.3 Å². The topological polar surface area (TPSA) is 39.2 Å². The Balaban J connectivity index is 2.20. The molecule has 0 N–H and O–H groups in total. The fraction of sp³-hybridized carbons (Fsp3) is 0.333. The third kappa shape index (κ3) is 2.06. The summed E-state index contributed by atoms with van der Waals surface area (Å²) in [4.78, 5) is 15.2. The van der Waals surface area contributed by atoms with Gasteiger partial charge in [-0.2, -0.15) is 0 Å². The van der Waals surface area contributed by atoms with Gasteiger partial charge in [-0.3, -0.25) is 0 Å². The van der Waals surface area contributed by atoms with Crippen molar-refractivity contribution in [1.82, 2.24) is 4.98 Å². The van der Waals surface area contributed by atoms with Crippen LogP contribution in [0.3, 0.4) is 0 Å². The van der Waals surface area contributed by atoms with E-state index < -0.39 is 0 Å². The number of hydrogen-bond acceptors (Lipinski definition) is 3. The zero-order chi connectivity index (χ0) is 10.7. The van der Waals surface area contributed by atoms with Crippen molar-refractivity contribution in [2.75, 3.05) is 7.11 Å². The quantitative estimate of drug-likeness (QED) is 0.693. The van der Waals surface area contributed by atoms with E-state index in [-0.39, 0.29) is 5.97 Å². The van der Waals surface area contributed by atoms with Gasteiger partial charge in [0.15, 0.2) is 0 Å². The van der Waals surface area contributed by atoms with Gasteiger partial charge in [0.2, 0.25) is 0 Å². The lowest BCUT2D eigenvalue weighted by Gasteiger charge is -2.02. The van der Waals surface area contributed by atoms with Crippen molar-refractivity contribution < 1.29 is 9.53 Å². The standard InChI is InChI=1S/C12H13NO2/c1-15-12(14)11-7-6-10(8-13-11)9-4-2-3-5-9/h4,6-8H,2-3,5H2,1H3. The number of hydrogen-bond donors (Lipinski definition) is 0. The molecule has 1 aromatic heterocycles. The van der Waals surface area contributed by atoms with E-state index in [1.54, 1.807) is 12.3 Å². The first kappa shape index (κ1) is 9.90. The third-order valence-electron chi connectivity index (χ3n) is 2.57. The molecular formula is C12H13NO2. The van der Waals surface area contributed by atoms with Crippen molar-refractivity contribution in [3.05, 3.63) is 35.7 Å². The summed E-state index contributed by atoms with van der Waals surface area (Å²) in [5.74, 6) is -0.387. The number of aromatic nitrogens is 1. The zero-order valence-electron chi connectivity index (χ0n) is 8.69. The molecule has 15 heavy (non-hydrogen) atoms. The van der Waals surface area contributed by atoms with Crippen molar-refractivity contribution in [2.24, 2.45) is 0 Å². The van der Waals surface area contributed by atoms with Gasteiger partial charge in [0.25, 0.3) is 0 Å². The van der Waals surface area contributed by atoms with Crippen molar-refractivity contribution in [3.63, 3.8) is 0 Å². The van der Waals surface area contributed by atoms with Gasteiger partial charge in [-0.05, 0) is 36.5 Å². The molecule has 0 aromatic carbocycles. The minimum atomic E-state index is -0.387. The molecule has 0 saturated carbocycles. The van der Waals surface area contributed by atoms with E-state index in [0.29, 0.717) is 5.69 Å². The number of allylic oxidation sites excluding steroid dienone is 2. The fourth-order valence-electron chi connectivity index (χ4n) is 1.74. The molecule has 0 unspecified atom stereocenters. The van der Waals surface area contributed by atoms with E-state index in [4.69, 9.17) is 0 Å². The number of esters is 1. The van der Waals surface area contributed by atoms with E-state index in [0.717, 1.165) is 18.4 Å². The Morgan fingerprint density at radius 3 is 2.87 bits per heavy atom. The van der Waals surface area contributed by atoms with Crippen molar-refractivity contribution in [3.8, 4) is 0 Å². The summed E-state index contributed by atoms with van der Waals surface area (Å²) in [6.07, 6.45) is 7.44. The first-order chi connectivity index (χ1) is 7.31. The van der Waals surface area contributed by atoms with Gasteiger partial charge in [0.1, 0.15) is 5.69 Å². The molecule has 0 aliphatic heterocycles. The highest BCUT2D eigenvalue weighted by molar-refractivity contribution is 5.87. The van der Waals surface area contributed by atoms with Crippen molar-refractivity contribution in [1.29, 1.82) is 0 Å². The predicted octanol–water partition coefficient (Wildman–Crippen LogP) is 2.44. The van der Waals surface area contributed by atoms with E-state index in [1.165, 1.54) is 19.1 Å². The second-order valence-corrected chi connectivity index (χ2v) is 3.55. The van der Waals surface area contributed by atoms with Crippen LogP contribution < -0.4 is 0 Å². The minimum absolute atomic E-state index is 0.361. The monoisotopic (exact) mass is 203 g/mol. The Morgan fingerprint density at radius 1 is 1.47 bits per heavy atom. The lowest BCUT2D eigenvalue weighted by atomic mass is 10.1. The van der Waals surface area contributed by atoms with Crippen LogP contribution >= 0.6 is 0 Å². The molecule has 78 valence electrons. The Bertz CT molecular complexity index is 393. The molecule has 1 aliphatic rings. The molecule has 1 heterocycles. The third-order valence-corrected chi connectivity index (χ3v) is 2.57. The first-order valence-electron chi connectivity index (χ1n) is 5.05. The Morgan fingerprint density at radius 2 is 2.33 bits per heavy atom. The highest BCUT2D eigenvalue weighted by Gasteiger charge is 2.10. The van der Waals surface area contributed by atoms with Crippen LogP contribution in [0.25, 0.3) is 5.57 Å². The van der Waals surface area contributed by atoms with Crippen LogP contribution in [0.2, 0.25) is 0 Å². The summed E-state index contributed by atoms with van der Waals surface area (Å²) in [6, 6.07) is 3.64. The molecule has 1 aromatic rings. The van der Waals surface area contributed by atoms with Gasteiger partial charge in [-0.1, -0.05) is 12.1 Å². The zero-order valence-corrected chi connectivity index (χ0v) is 8.69. The molecule has 3 heteroatoms. The maximum Gasteiger partial charge on any atom is 0.356 e. The fourth-order valence-corrected chi connectivity index (χ4v) is 1.74. The van der Waals surface area contributed by atoms with Gasteiger partial charge >= 0.3 is 5.97 Å². The van der Waals surface area contributed by atoms with Gasteiger partial charge in [-0.25, -0.2) is 9.78 Å². The predicted molar refractivity (Wildman–Crippen MR) is 57.4 cm³/mol. The SMILES string of the molecule is COC(=O)c1ccc(C2=CCCC2)cn1. The molecule has 0 amide bonds. The average molecular weight is 203 g/mol. The van der Waals surface area contributed by atoms with Gasteiger partial charge in [0.05, 0.1) is 7.11 Å². The summed E-state index contributed by atoms with van der Waals surface area (Å²) in [5.41, 5.74) is 2.80. The number of nitrogens with zero attached hydrogens (tertiary/aromatic N) is 1. The molecule has 3 nitrogen and oxygen atoms in total. The Kier molecular flexibility index (Phi) is 2.81. The smallest absolute Gasteiger partial charge is 0.356 e. The highest BCUT2D eigenvalue weighted by atomic mass is 16.5. The average Bonchev–Trinajstić information content (AvgIpc) is 2.82. The number of carbonyl (C=O) groups is 1. The lowest BCUT2D eigenvalue weighted by Crippen LogP contribution is -2.03. The maximum atomic E-state index is 11.1. The van der Waals surface area contributed by atoms with Crippen LogP contribution in [-0.2, 0) is 4.74 Å². The van der Waals surface area contributed by atoms with Crippen LogP contribution in [0.15, 0.2) is 24.4 Å². The van der Waals surface area contributed by atoms with E-state index >= 15 is 0 Å². The molecule has 0 spiro atoms. The van der Waals surface area contributed by atoms with Crippen LogP contribution in [0.5, 0.6) is 0 Å². The van der Waals surface area contributed by atoms with Crippen LogP contribution in [0.4, 0.5) is 0 Å².